The summed E-state index contributed by atoms with van der Waals surface area (Å²) < 4.78 is 9.69. The Bertz CT molecular complexity index is 547. The number of carbonyl (C=O) groups is 1. The van der Waals surface area contributed by atoms with Crippen molar-refractivity contribution >= 4 is 24.0 Å². The topological polar surface area (TPSA) is 111 Å². The lowest BCUT2D eigenvalue weighted by molar-refractivity contribution is -0.402. The van der Waals surface area contributed by atoms with Crippen LogP contribution in [0.5, 0.6) is 0 Å². The number of amidine groups is 1. The first-order chi connectivity index (χ1) is 8.60. The number of hydrogen-bond acceptors (Lipinski definition) is 7. The van der Waals surface area contributed by atoms with Gasteiger partial charge in [-0.3, -0.25) is 14.9 Å². The number of hydrazone groups is 1. The Morgan fingerprint density at radius 2 is 2.44 bits per heavy atom. The van der Waals surface area contributed by atoms with Gasteiger partial charge in [0.2, 0.25) is 0 Å². The molecule has 0 atom stereocenters. The fourth-order valence-corrected chi connectivity index (χ4v) is 1.27. The molecule has 0 bridgehead atoms. The molecule has 2 heterocycles. The lowest BCUT2D eigenvalue weighted by Crippen LogP contribution is -2.24. The highest BCUT2D eigenvalue weighted by atomic mass is 16.6. The molecule has 0 aromatic carbocycles. The minimum atomic E-state index is -0.654. The van der Waals surface area contributed by atoms with E-state index in [2.05, 4.69) is 10.1 Å². The summed E-state index contributed by atoms with van der Waals surface area (Å²) in [6.45, 7) is -0.0392. The van der Waals surface area contributed by atoms with Crippen molar-refractivity contribution in [3.8, 4) is 0 Å². The van der Waals surface area contributed by atoms with Crippen LogP contribution in [0.3, 0.4) is 0 Å². The van der Waals surface area contributed by atoms with Gasteiger partial charge in [-0.1, -0.05) is 0 Å². The molecule has 0 radical (unpaired) electrons. The highest BCUT2D eigenvalue weighted by Gasteiger charge is 2.23. The molecule has 0 saturated carbocycles. The number of rotatable bonds is 3. The van der Waals surface area contributed by atoms with Crippen LogP contribution >= 0.6 is 0 Å². The highest BCUT2D eigenvalue weighted by Crippen LogP contribution is 2.14. The number of amides is 1. The SMILES string of the molecule is COC1=NC(=O)CN1/N=C/c1ccc([N+](=O)[O-])o1. The van der Waals surface area contributed by atoms with Gasteiger partial charge in [-0.2, -0.15) is 10.1 Å². The van der Waals surface area contributed by atoms with Gasteiger partial charge in [0.25, 0.3) is 5.91 Å². The third kappa shape index (κ3) is 2.34. The monoisotopic (exact) mass is 252 g/mol. The van der Waals surface area contributed by atoms with Crippen LogP contribution in [-0.4, -0.2) is 41.7 Å². The first-order valence-corrected chi connectivity index (χ1v) is 4.81. The minimum Gasteiger partial charge on any atom is -0.467 e. The van der Waals surface area contributed by atoms with E-state index in [0.29, 0.717) is 0 Å². The molecule has 0 N–H and O–H groups in total. The Morgan fingerprint density at radius 1 is 1.67 bits per heavy atom. The molecule has 0 spiro atoms. The van der Waals surface area contributed by atoms with Crippen molar-refractivity contribution in [3.05, 3.63) is 28.0 Å². The number of nitro groups is 1. The Kier molecular flexibility index (Phi) is 3.04. The van der Waals surface area contributed by atoms with Gasteiger partial charge in [-0.05, 0) is 6.07 Å². The van der Waals surface area contributed by atoms with Crippen molar-refractivity contribution in [1.82, 2.24) is 5.01 Å². The van der Waals surface area contributed by atoms with Gasteiger partial charge in [0.15, 0.2) is 5.76 Å². The maximum Gasteiger partial charge on any atom is 0.433 e. The molecular formula is C9H8N4O5. The standard InChI is InChI=1S/C9H8N4O5/c1-17-9-11-7(14)5-12(9)10-4-6-2-3-8(18-6)13(15)16/h2-4H,5H2,1H3/b10-4+. The number of methoxy groups -OCH3 is 1. The number of ether oxygens (including phenoxy) is 1. The zero-order valence-corrected chi connectivity index (χ0v) is 9.27. The number of nitrogens with zero attached hydrogens (tertiary/aromatic N) is 4. The quantitative estimate of drug-likeness (QED) is 0.436. The summed E-state index contributed by atoms with van der Waals surface area (Å²) in [5, 5.41) is 15.5. The van der Waals surface area contributed by atoms with Crippen LogP contribution in [0, 0.1) is 10.1 Å². The molecule has 1 aliphatic heterocycles. The molecule has 2 rings (SSSR count). The third-order valence-corrected chi connectivity index (χ3v) is 2.03. The second-order valence-corrected chi connectivity index (χ2v) is 3.23. The van der Waals surface area contributed by atoms with Crippen LogP contribution in [0.2, 0.25) is 0 Å². The summed E-state index contributed by atoms with van der Waals surface area (Å²) in [5.74, 6) is -0.569. The summed E-state index contributed by atoms with van der Waals surface area (Å²) in [7, 11) is 1.36. The molecule has 9 heteroatoms. The van der Waals surface area contributed by atoms with Crippen LogP contribution in [0.25, 0.3) is 0 Å². The zero-order valence-electron chi connectivity index (χ0n) is 9.27. The largest absolute Gasteiger partial charge is 0.467 e. The summed E-state index contributed by atoms with van der Waals surface area (Å²) in [6, 6.07) is 2.67. The average molecular weight is 252 g/mol. The predicted octanol–water partition coefficient (Wildman–Crippen LogP) is 0.366. The second kappa shape index (κ2) is 4.65. The number of hydrogen-bond donors (Lipinski definition) is 0. The van der Waals surface area contributed by atoms with Crippen molar-refractivity contribution in [3.63, 3.8) is 0 Å². The number of carbonyl (C=O) groups excluding carboxylic acids is 1. The first-order valence-electron chi connectivity index (χ1n) is 4.81. The van der Waals surface area contributed by atoms with Gasteiger partial charge >= 0.3 is 11.9 Å². The fourth-order valence-electron chi connectivity index (χ4n) is 1.27. The van der Waals surface area contributed by atoms with Crippen molar-refractivity contribution in [2.24, 2.45) is 10.1 Å². The van der Waals surface area contributed by atoms with E-state index >= 15 is 0 Å². The molecule has 18 heavy (non-hydrogen) atoms. The highest BCUT2D eigenvalue weighted by molar-refractivity contribution is 5.98. The van der Waals surface area contributed by atoms with Gasteiger partial charge in [0.05, 0.1) is 19.4 Å². The van der Waals surface area contributed by atoms with Crippen LogP contribution in [-0.2, 0) is 9.53 Å². The predicted molar refractivity (Wildman–Crippen MR) is 59.1 cm³/mol. The van der Waals surface area contributed by atoms with Crippen molar-refractivity contribution in [2.75, 3.05) is 13.7 Å². The van der Waals surface area contributed by atoms with Crippen LogP contribution in [0.1, 0.15) is 5.76 Å². The molecule has 0 saturated heterocycles. The molecule has 0 unspecified atom stereocenters. The van der Waals surface area contributed by atoms with E-state index in [-0.39, 0.29) is 30.1 Å². The summed E-state index contributed by atoms with van der Waals surface area (Å²) >= 11 is 0. The zero-order chi connectivity index (χ0) is 13.1. The van der Waals surface area contributed by atoms with Crippen LogP contribution < -0.4 is 0 Å². The van der Waals surface area contributed by atoms with Crippen molar-refractivity contribution < 1.29 is 18.9 Å². The summed E-state index contributed by atoms with van der Waals surface area (Å²) in [4.78, 5) is 24.3. The molecule has 9 nitrogen and oxygen atoms in total. The summed E-state index contributed by atoms with van der Waals surface area (Å²) in [6.07, 6.45) is 1.24. The Hall–Kier alpha value is -2.71. The molecule has 1 aromatic heterocycles. The lowest BCUT2D eigenvalue weighted by Gasteiger charge is -2.09. The first kappa shape index (κ1) is 11.8. The van der Waals surface area contributed by atoms with E-state index in [1.54, 1.807) is 0 Å². The maximum atomic E-state index is 11.0. The normalized spacial score (nSPS) is 15.3. The molecule has 94 valence electrons. The van der Waals surface area contributed by atoms with E-state index in [9.17, 15) is 14.9 Å². The van der Waals surface area contributed by atoms with Crippen molar-refractivity contribution in [2.45, 2.75) is 0 Å². The van der Waals surface area contributed by atoms with E-state index < -0.39 is 4.92 Å². The van der Waals surface area contributed by atoms with Crippen LogP contribution in [0.4, 0.5) is 5.88 Å². The molecule has 0 aliphatic carbocycles. The van der Waals surface area contributed by atoms with Crippen molar-refractivity contribution in [1.29, 1.82) is 0 Å². The van der Waals surface area contributed by atoms with Gasteiger partial charge in [-0.25, -0.2) is 5.01 Å². The Morgan fingerprint density at radius 3 is 3.06 bits per heavy atom. The van der Waals surface area contributed by atoms with Crippen LogP contribution in [0.15, 0.2) is 26.6 Å². The van der Waals surface area contributed by atoms with E-state index in [0.717, 1.165) is 0 Å². The Balaban J connectivity index is 2.09. The van der Waals surface area contributed by atoms with Gasteiger partial charge in [0, 0.05) is 0 Å². The molecule has 0 fully saturated rings. The third-order valence-electron chi connectivity index (χ3n) is 2.03. The van der Waals surface area contributed by atoms with Gasteiger partial charge in [0.1, 0.15) is 11.5 Å². The summed E-state index contributed by atoms with van der Waals surface area (Å²) in [5.41, 5.74) is 0. The average Bonchev–Trinajstić information content (AvgIpc) is 2.92. The lowest BCUT2D eigenvalue weighted by atomic mass is 10.5. The number of furan rings is 1. The Labute approximate surface area is 100 Å². The van der Waals surface area contributed by atoms with E-state index in [1.165, 1.54) is 30.5 Å². The maximum absolute atomic E-state index is 11.0. The minimum absolute atomic E-state index is 0.0392. The molecule has 1 aromatic rings. The van der Waals surface area contributed by atoms with E-state index in [1.807, 2.05) is 0 Å². The second-order valence-electron chi connectivity index (χ2n) is 3.23. The molecule has 1 amide bonds. The smallest absolute Gasteiger partial charge is 0.433 e. The van der Waals surface area contributed by atoms with Gasteiger partial charge < -0.3 is 9.15 Å². The van der Waals surface area contributed by atoms with Gasteiger partial charge in [-0.15, -0.1) is 0 Å². The van der Waals surface area contributed by atoms with E-state index in [4.69, 9.17) is 9.15 Å². The molecule has 1 aliphatic rings. The molecular weight excluding hydrogens is 244 g/mol. The fraction of sp³-hybridized carbons (Fsp3) is 0.222. The number of aliphatic imine (C=N–C) groups is 1.